The largest absolute Gasteiger partial charge is 0.343 e. The van der Waals surface area contributed by atoms with Crippen LogP contribution in [-0.2, 0) is 9.47 Å². The van der Waals surface area contributed by atoms with Gasteiger partial charge in [0.25, 0.3) is 0 Å². The van der Waals surface area contributed by atoms with Crippen LogP contribution in [-0.4, -0.2) is 65.6 Å². The van der Waals surface area contributed by atoms with Crippen molar-refractivity contribution < 1.29 is 14.3 Å². The zero-order valence-corrected chi connectivity index (χ0v) is 16.9. The number of methoxy groups -OCH3 is 2. The molecule has 0 amide bonds. The van der Waals surface area contributed by atoms with Gasteiger partial charge in [0.15, 0.2) is 5.78 Å². The van der Waals surface area contributed by atoms with E-state index in [1.165, 1.54) is 6.92 Å². The van der Waals surface area contributed by atoms with E-state index in [-0.39, 0.29) is 12.2 Å². The van der Waals surface area contributed by atoms with Gasteiger partial charge in [-0.1, -0.05) is 12.1 Å². The highest BCUT2D eigenvalue weighted by molar-refractivity contribution is 5.91. The molecule has 0 unspecified atom stereocenters. The second-order valence-electron chi connectivity index (χ2n) is 5.70. The van der Waals surface area contributed by atoms with Gasteiger partial charge in [-0.2, -0.15) is 5.10 Å². The first-order valence-electron chi connectivity index (χ1n) is 8.54. The van der Waals surface area contributed by atoms with E-state index in [1.807, 2.05) is 43.3 Å². The fourth-order valence-electron chi connectivity index (χ4n) is 2.01. The summed E-state index contributed by atoms with van der Waals surface area (Å²) in [5.41, 5.74) is 2.40. The molecule has 8 heteroatoms. The van der Waals surface area contributed by atoms with Crippen LogP contribution in [0.4, 0.5) is 0 Å². The van der Waals surface area contributed by atoms with Gasteiger partial charge >= 0.3 is 0 Å². The molecule has 0 radical (unpaired) electrons. The molecule has 0 fully saturated rings. The molecule has 3 heterocycles. The van der Waals surface area contributed by atoms with E-state index >= 15 is 0 Å². The highest BCUT2D eigenvalue weighted by Crippen LogP contribution is 2.10. The minimum atomic E-state index is -0.213. The van der Waals surface area contributed by atoms with E-state index in [0.29, 0.717) is 5.69 Å². The average Bonchev–Trinajstić information content (AvgIpc) is 3.26. The highest BCUT2D eigenvalue weighted by atomic mass is 16.7. The maximum Gasteiger partial charge on any atom is 0.217 e. The molecule has 0 atom stereocenters. The summed E-state index contributed by atoms with van der Waals surface area (Å²) in [7, 11) is 6.98. The maximum absolute atomic E-state index is 10.6. The number of pyridine rings is 2. The Balaban J connectivity index is 0.000000214. The van der Waals surface area contributed by atoms with Crippen molar-refractivity contribution in [1.29, 1.82) is 0 Å². The Kier molecular flexibility index (Phi) is 10.9. The number of carbonyl (C=O) groups is 1. The zero-order chi connectivity index (χ0) is 20.8. The molecular weight excluding hydrogens is 358 g/mol. The van der Waals surface area contributed by atoms with Gasteiger partial charge in [0.05, 0.1) is 11.4 Å². The van der Waals surface area contributed by atoms with Crippen molar-refractivity contribution in [2.75, 3.05) is 28.3 Å². The van der Waals surface area contributed by atoms with Crippen molar-refractivity contribution in [3.05, 3.63) is 66.7 Å². The molecule has 28 heavy (non-hydrogen) atoms. The number of carbonyl (C=O) groups excluding carboxylic acids is 1. The predicted molar refractivity (Wildman–Crippen MR) is 108 cm³/mol. The molecule has 0 saturated heterocycles. The van der Waals surface area contributed by atoms with Crippen LogP contribution in [0.3, 0.4) is 0 Å². The first-order valence-corrected chi connectivity index (χ1v) is 8.54. The Morgan fingerprint density at radius 1 is 0.964 bits per heavy atom. The molecule has 0 aliphatic carbocycles. The summed E-state index contributed by atoms with van der Waals surface area (Å²) in [5.74, 6) is 0.00981. The summed E-state index contributed by atoms with van der Waals surface area (Å²) in [5, 5.41) is 6.67. The topological polar surface area (TPSA) is 93.2 Å². The normalized spacial score (nSPS) is 9.96. The number of Topliss-reactive ketones (excluding diaryl/α,β-unsaturated/α-hetero) is 1. The van der Waals surface area contributed by atoms with Gasteiger partial charge < -0.3 is 9.47 Å². The molecular formula is C20H27N5O3. The van der Waals surface area contributed by atoms with Gasteiger partial charge in [-0.25, -0.2) is 0 Å². The lowest BCUT2D eigenvalue weighted by Crippen LogP contribution is -2.30. The van der Waals surface area contributed by atoms with Crippen LogP contribution in [0.15, 0.2) is 61.1 Å². The van der Waals surface area contributed by atoms with Crippen molar-refractivity contribution in [2.24, 2.45) is 0 Å². The molecule has 0 spiro atoms. The lowest BCUT2D eigenvalue weighted by molar-refractivity contribution is -0.179. The van der Waals surface area contributed by atoms with Crippen LogP contribution in [0.25, 0.3) is 11.4 Å². The fraction of sp³-hybridized carbons (Fsp3) is 0.300. The molecule has 3 rings (SSSR count). The van der Waals surface area contributed by atoms with Gasteiger partial charge in [-0.3, -0.25) is 24.8 Å². The van der Waals surface area contributed by atoms with E-state index in [2.05, 4.69) is 20.2 Å². The molecule has 8 nitrogen and oxygen atoms in total. The average molecular weight is 385 g/mol. The van der Waals surface area contributed by atoms with Crippen LogP contribution < -0.4 is 0 Å². The number of aromatic amines is 1. The molecule has 1 N–H and O–H groups in total. The number of rotatable bonds is 5. The predicted octanol–water partition coefficient (Wildman–Crippen LogP) is 2.88. The number of nitrogens with zero attached hydrogens (tertiary/aromatic N) is 4. The van der Waals surface area contributed by atoms with Crippen molar-refractivity contribution >= 4 is 5.78 Å². The number of H-pyrrole nitrogens is 1. The lowest BCUT2D eigenvalue weighted by Gasteiger charge is -2.19. The minimum absolute atomic E-state index is 0.00981. The minimum Gasteiger partial charge on any atom is -0.343 e. The standard InChI is InChI=1S/C8H7N3.C7H7NO.C5H13NO2/c1-2-5-9-7(3-1)8-4-6-10-11-8;1-6(9)7-4-2-3-5-8-7;1-6(2)5(7-3)8-4/h1-6H,(H,10,11);2-5H,1H3;5H,1-4H3. The van der Waals surface area contributed by atoms with Gasteiger partial charge in [-0.15, -0.1) is 0 Å². The van der Waals surface area contributed by atoms with Crippen LogP contribution in [0, 0.1) is 0 Å². The lowest BCUT2D eigenvalue weighted by atomic mass is 10.3. The van der Waals surface area contributed by atoms with E-state index < -0.39 is 0 Å². The Morgan fingerprint density at radius 3 is 1.93 bits per heavy atom. The van der Waals surface area contributed by atoms with Crippen molar-refractivity contribution in [1.82, 2.24) is 25.1 Å². The Morgan fingerprint density at radius 2 is 1.61 bits per heavy atom. The number of ketones is 1. The number of hydrogen-bond acceptors (Lipinski definition) is 7. The first-order chi connectivity index (χ1) is 13.5. The van der Waals surface area contributed by atoms with Crippen LogP contribution in [0.1, 0.15) is 17.4 Å². The summed E-state index contributed by atoms with van der Waals surface area (Å²) in [6.45, 7) is 1.50. The van der Waals surface area contributed by atoms with Crippen molar-refractivity contribution in [3.63, 3.8) is 0 Å². The van der Waals surface area contributed by atoms with Gasteiger partial charge in [0, 0.05) is 39.7 Å². The number of hydrogen-bond donors (Lipinski definition) is 1. The smallest absolute Gasteiger partial charge is 0.217 e. The zero-order valence-electron chi connectivity index (χ0n) is 16.9. The summed E-state index contributed by atoms with van der Waals surface area (Å²) >= 11 is 0. The third-order valence-corrected chi connectivity index (χ3v) is 3.29. The maximum atomic E-state index is 10.6. The summed E-state index contributed by atoms with van der Waals surface area (Å²) in [4.78, 5) is 20.4. The van der Waals surface area contributed by atoms with E-state index in [9.17, 15) is 4.79 Å². The second-order valence-corrected chi connectivity index (χ2v) is 5.70. The molecule has 3 aromatic heterocycles. The van der Waals surface area contributed by atoms with Gasteiger partial charge in [0.1, 0.15) is 5.69 Å². The molecule has 0 aliphatic heterocycles. The quantitative estimate of drug-likeness (QED) is 0.533. The monoisotopic (exact) mass is 385 g/mol. The van der Waals surface area contributed by atoms with E-state index in [0.717, 1.165) is 11.4 Å². The fourth-order valence-corrected chi connectivity index (χ4v) is 2.01. The summed E-state index contributed by atoms with van der Waals surface area (Å²) < 4.78 is 9.73. The number of aromatic nitrogens is 4. The van der Waals surface area contributed by atoms with Crippen LogP contribution >= 0.6 is 0 Å². The summed E-state index contributed by atoms with van der Waals surface area (Å²) in [6.07, 6.45) is 4.87. The molecule has 0 aliphatic rings. The SMILES string of the molecule is CC(=O)c1ccccn1.COC(OC)N(C)C.c1ccc(-c2ccn[nH]2)nc1. The molecule has 150 valence electrons. The Bertz CT molecular complexity index is 761. The third kappa shape index (κ3) is 8.63. The third-order valence-electron chi connectivity index (χ3n) is 3.29. The summed E-state index contributed by atoms with van der Waals surface area (Å²) in [6, 6.07) is 12.9. The molecule has 3 aromatic rings. The highest BCUT2D eigenvalue weighted by Gasteiger charge is 2.04. The number of ether oxygens (including phenoxy) is 2. The van der Waals surface area contributed by atoms with Crippen LogP contribution in [0.5, 0.6) is 0 Å². The van der Waals surface area contributed by atoms with E-state index in [1.54, 1.807) is 51.0 Å². The molecule has 0 bridgehead atoms. The Hall–Kier alpha value is -2.94. The van der Waals surface area contributed by atoms with Gasteiger partial charge in [0.2, 0.25) is 6.41 Å². The molecule has 0 saturated carbocycles. The second kappa shape index (κ2) is 13.3. The Labute approximate surface area is 165 Å². The molecule has 0 aromatic carbocycles. The van der Waals surface area contributed by atoms with Crippen LogP contribution in [0.2, 0.25) is 0 Å². The first kappa shape index (κ1) is 23.1. The van der Waals surface area contributed by atoms with Crippen molar-refractivity contribution in [3.8, 4) is 11.4 Å². The van der Waals surface area contributed by atoms with E-state index in [4.69, 9.17) is 9.47 Å². The van der Waals surface area contributed by atoms with Gasteiger partial charge in [-0.05, 0) is 44.4 Å². The van der Waals surface area contributed by atoms with Crippen molar-refractivity contribution in [2.45, 2.75) is 13.3 Å². The number of nitrogens with one attached hydrogen (secondary N) is 1.